The number of hydrogen-bond donors (Lipinski definition) is 2. The first kappa shape index (κ1) is 9.79. The van der Waals surface area contributed by atoms with Gasteiger partial charge in [-0.15, -0.1) is 6.58 Å². The fourth-order valence-corrected chi connectivity index (χ4v) is 1.69. The van der Waals surface area contributed by atoms with Gasteiger partial charge < -0.3 is 9.88 Å². The molecule has 2 amide bonds. The van der Waals surface area contributed by atoms with E-state index in [2.05, 4.69) is 28.8 Å². The van der Waals surface area contributed by atoms with Crippen molar-refractivity contribution in [2.24, 2.45) is 0 Å². The van der Waals surface area contributed by atoms with Crippen molar-refractivity contribution < 1.29 is 4.79 Å². The maximum atomic E-state index is 11.1. The number of carbonyl (C=O) groups is 1. The Kier molecular flexibility index (Phi) is 2.24. The number of amides is 2. The fourth-order valence-electron chi connectivity index (χ4n) is 1.45. The maximum Gasteiger partial charge on any atom is 0.324 e. The molecule has 0 spiro atoms. The number of halogens is 1. The van der Waals surface area contributed by atoms with E-state index in [1.807, 2.05) is 0 Å². The summed E-state index contributed by atoms with van der Waals surface area (Å²) in [4.78, 5) is 15.1. The van der Waals surface area contributed by atoms with Crippen molar-refractivity contribution >= 4 is 29.1 Å². The minimum atomic E-state index is -0.354. The molecule has 0 unspecified atom stereocenters. The average Bonchev–Trinajstić information content (AvgIpc) is 2.43. The molecule has 2 rings (SSSR count). The molecule has 0 aromatic carbocycles. The lowest BCUT2D eigenvalue weighted by atomic mass is 10.3. The summed E-state index contributed by atoms with van der Waals surface area (Å²) in [5.74, 6) is 0.426. The van der Waals surface area contributed by atoms with E-state index in [-0.39, 0.29) is 6.03 Å². The lowest BCUT2D eigenvalue weighted by molar-refractivity contribution is 0.255. The van der Waals surface area contributed by atoms with Gasteiger partial charge in [-0.1, -0.05) is 12.7 Å². The molecule has 1 aliphatic heterocycles. The number of fused-ring (bicyclic) bond motifs is 1. The van der Waals surface area contributed by atoms with Crippen molar-refractivity contribution in [1.29, 1.82) is 0 Å². The van der Waals surface area contributed by atoms with E-state index in [9.17, 15) is 4.79 Å². The summed E-state index contributed by atoms with van der Waals surface area (Å²) in [7, 11) is 0. The highest BCUT2D eigenvalue weighted by molar-refractivity contribution is 6.29. The van der Waals surface area contributed by atoms with Crippen molar-refractivity contribution in [3.63, 3.8) is 0 Å². The van der Waals surface area contributed by atoms with Crippen LogP contribution in [0.25, 0.3) is 5.70 Å². The monoisotopic (exact) mass is 224 g/mol. The highest BCUT2D eigenvalue weighted by Crippen LogP contribution is 2.28. The minimum Gasteiger partial charge on any atom is -0.308 e. The molecule has 5 nitrogen and oxygen atoms in total. The number of urea groups is 1. The van der Waals surface area contributed by atoms with Crippen molar-refractivity contribution in [1.82, 2.24) is 14.9 Å². The largest absolute Gasteiger partial charge is 0.324 e. The minimum absolute atomic E-state index is 0.296. The summed E-state index contributed by atoms with van der Waals surface area (Å²) >= 11 is 5.91. The number of carbonyl (C=O) groups excluding carboxylic acids is 1. The summed E-state index contributed by atoms with van der Waals surface area (Å²) in [5, 5.41) is 5.39. The van der Waals surface area contributed by atoms with E-state index in [0.717, 1.165) is 0 Å². The highest BCUT2D eigenvalue weighted by atomic mass is 35.5. The van der Waals surface area contributed by atoms with Gasteiger partial charge in [0.15, 0.2) is 5.82 Å². The first-order valence-corrected chi connectivity index (χ1v) is 4.65. The molecule has 6 heteroatoms. The molecule has 0 radical (unpaired) electrons. The van der Waals surface area contributed by atoms with Crippen LogP contribution in [-0.2, 0) is 6.54 Å². The summed E-state index contributed by atoms with van der Waals surface area (Å²) < 4.78 is 1.71. The van der Waals surface area contributed by atoms with Gasteiger partial charge in [0.05, 0.1) is 5.70 Å². The number of hydrogen-bond acceptors (Lipinski definition) is 2. The molecule has 0 fully saturated rings. The van der Waals surface area contributed by atoms with Gasteiger partial charge >= 0.3 is 6.03 Å². The van der Waals surface area contributed by atoms with Gasteiger partial charge in [-0.25, -0.2) is 4.79 Å². The lowest BCUT2D eigenvalue weighted by Gasteiger charge is -2.17. The molecule has 0 saturated heterocycles. The highest BCUT2D eigenvalue weighted by Gasteiger charge is 2.24. The second-order valence-electron chi connectivity index (χ2n) is 3.04. The maximum absolute atomic E-state index is 11.1. The molecule has 2 heterocycles. The zero-order chi connectivity index (χ0) is 11.0. The third-order valence-electron chi connectivity index (χ3n) is 2.01. The SMILES string of the molecule is C=CCn1c(Cl)nc2c1C(=C)NC(=O)N2. The van der Waals surface area contributed by atoms with Gasteiger partial charge in [0.2, 0.25) is 5.28 Å². The Hall–Kier alpha value is -1.75. The van der Waals surface area contributed by atoms with Gasteiger partial charge in [0.1, 0.15) is 5.69 Å². The van der Waals surface area contributed by atoms with Gasteiger partial charge in [0.25, 0.3) is 0 Å². The number of nitrogens with zero attached hydrogens (tertiary/aromatic N) is 2. The van der Waals surface area contributed by atoms with Crippen LogP contribution in [0.4, 0.5) is 10.6 Å². The molecular formula is C9H9ClN4O. The molecule has 15 heavy (non-hydrogen) atoms. The number of rotatable bonds is 2. The molecule has 0 atom stereocenters. The summed E-state index contributed by atoms with van der Waals surface area (Å²) in [5.41, 5.74) is 1.16. The van der Waals surface area contributed by atoms with Crippen LogP contribution in [0, 0.1) is 0 Å². The average molecular weight is 225 g/mol. The molecule has 1 aromatic rings. The quantitative estimate of drug-likeness (QED) is 0.753. The summed E-state index contributed by atoms with van der Waals surface area (Å²) in [6.07, 6.45) is 1.69. The van der Waals surface area contributed by atoms with Crippen LogP contribution in [-0.4, -0.2) is 15.6 Å². The Balaban J connectivity index is 2.55. The van der Waals surface area contributed by atoms with E-state index in [4.69, 9.17) is 11.6 Å². The zero-order valence-electron chi connectivity index (χ0n) is 7.88. The Morgan fingerprint density at radius 1 is 1.53 bits per heavy atom. The van der Waals surface area contributed by atoms with Crippen LogP contribution in [0.15, 0.2) is 19.2 Å². The Labute approximate surface area is 91.4 Å². The van der Waals surface area contributed by atoms with Crippen molar-refractivity contribution in [3.8, 4) is 0 Å². The predicted molar refractivity (Wildman–Crippen MR) is 58.6 cm³/mol. The van der Waals surface area contributed by atoms with Gasteiger partial charge in [-0.3, -0.25) is 5.32 Å². The number of aromatic nitrogens is 2. The summed E-state index contributed by atoms with van der Waals surface area (Å²) in [6.45, 7) is 7.87. The zero-order valence-corrected chi connectivity index (χ0v) is 8.64. The van der Waals surface area contributed by atoms with Gasteiger partial charge in [-0.2, -0.15) is 4.98 Å². The predicted octanol–water partition coefficient (Wildman–Crippen LogP) is 1.83. The van der Waals surface area contributed by atoms with E-state index < -0.39 is 0 Å². The van der Waals surface area contributed by atoms with Gasteiger partial charge in [0, 0.05) is 6.54 Å². The standard InChI is InChI=1S/C9H9ClN4O/c1-3-4-14-6-5(2)11-9(15)13-7(6)12-8(14)10/h3H,1-2,4H2,(H2,11,13,15). The molecular weight excluding hydrogens is 216 g/mol. The molecule has 0 bridgehead atoms. The van der Waals surface area contributed by atoms with E-state index in [1.54, 1.807) is 10.6 Å². The number of nitrogens with one attached hydrogen (secondary N) is 2. The first-order valence-electron chi connectivity index (χ1n) is 4.27. The van der Waals surface area contributed by atoms with Crippen molar-refractivity contribution in [3.05, 3.63) is 30.2 Å². The van der Waals surface area contributed by atoms with Crippen LogP contribution >= 0.6 is 11.6 Å². The number of imidazole rings is 1. The number of allylic oxidation sites excluding steroid dienone is 1. The van der Waals surface area contributed by atoms with E-state index in [1.165, 1.54) is 0 Å². The van der Waals surface area contributed by atoms with Crippen molar-refractivity contribution in [2.75, 3.05) is 5.32 Å². The Morgan fingerprint density at radius 2 is 2.27 bits per heavy atom. The van der Waals surface area contributed by atoms with Crippen LogP contribution in [0.1, 0.15) is 5.69 Å². The van der Waals surface area contributed by atoms with Crippen molar-refractivity contribution in [2.45, 2.75) is 6.54 Å². The number of anilines is 1. The topological polar surface area (TPSA) is 59.0 Å². The molecule has 0 aliphatic carbocycles. The van der Waals surface area contributed by atoms with Crippen LogP contribution < -0.4 is 10.6 Å². The lowest BCUT2D eigenvalue weighted by Crippen LogP contribution is -2.32. The molecule has 78 valence electrons. The first-order chi connectivity index (χ1) is 7.13. The second kappa shape index (κ2) is 3.43. The van der Waals surface area contributed by atoms with Crippen LogP contribution in [0.5, 0.6) is 0 Å². The molecule has 1 aromatic heterocycles. The van der Waals surface area contributed by atoms with E-state index in [0.29, 0.717) is 29.0 Å². The Bertz CT molecular complexity index is 463. The van der Waals surface area contributed by atoms with Gasteiger partial charge in [-0.05, 0) is 11.6 Å². The second-order valence-corrected chi connectivity index (χ2v) is 3.37. The van der Waals surface area contributed by atoms with Crippen LogP contribution in [0.3, 0.4) is 0 Å². The fraction of sp³-hybridized carbons (Fsp3) is 0.111. The third-order valence-corrected chi connectivity index (χ3v) is 2.30. The molecule has 2 N–H and O–H groups in total. The van der Waals surface area contributed by atoms with E-state index >= 15 is 0 Å². The van der Waals surface area contributed by atoms with Crippen LogP contribution in [0.2, 0.25) is 5.28 Å². The third kappa shape index (κ3) is 1.50. The Morgan fingerprint density at radius 3 is 2.93 bits per heavy atom. The smallest absolute Gasteiger partial charge is 0.308 e. The molecule has 0 saturated carbocycles. The summed E-state index contributed by atoms with van der Waals surface area (Å²) in [6, 6.07) is -0.354. The molecule has 1 aliphatic rings. The normalized spacial score (nSPS) is 14.2.